The molecule has 0 atom stereocenters. The van der Waals surface area contributed by atoms with Crippen LogP contribution in [0.15, 0.2) is 24.3 Å². The molecule has 0 unspecified atom stereocenters. The van der Waals surface area contributed by atoms with Gasteiger partial charge in [0.15, 0.2) is 0 Å². The Bertz CT molecular complexity index is 750. The minimum absolute atomic E-state index is 0.0233. The molecule has 1 heterocycles. The molecular formula is C19H27N3O3. The van der Waals surface area contributed by atoms with E-state index in [1.54, 1.807) is 7.11 Å². The number of methoxy groups -OCH3 is 1. The van der Waals surface area contributed by atoms with Gasteiger partial charge in [-0.3, -0.25) is 9.59 Å². The number of carbonyl (C=O) groups excluding carboxylic acids is 2. The van der Waals surface area contributed by atoms with Crippen LogP contribution in [0.5, 0.6) is 0 Å². The first-order valence-electron chi connectivity index (χ1n) is 8.69. The third-order valence-corrected chi connectivity index (χ3v) is 3.96. The number of ether oxygens (including phenoxy) is 1. The number of amides is 2. The molecule has 0 spiro atoms. The number of benzene rings is 1. The average Bonchev–Trinajstić information content (AvgIpc) is 2.93. The van der Waals surface area contributed by atoms with Gasteiger partial charge in [0.2, 0.25) is 5.91 Å². The van der Waals surface area contributed by atoms with E-state index in [-0.39, 0.29) is 17.7 Å². The minimum Gasteiger partial charge on any atom is -0.383 e. The smallest absolute Gasteiger partial charge is 0.268 e. The van der Waals surface area contributed by atoms with Crippen LogP contribution in [-0.4, -0.2) is 36.6 Å². The largest absolute Gasteiger partial charge is 0.383 e. The molecule has 1 aromatic carbocycles. The van der Waals surface area contributed by atoms with Crippen molar-refractivity contribution in [2.75, 3.05) is 25.6 Å². The van der Waals surface area contributed by atoms with Crippen molar-refractivity contribution in [2.24, 2.45) is 5.92 Å². The molecule has 6 nitrogen and oxygen atoms in total. The van der Waals surface area contributed by atoms with Crippen LogP contribution in [0, 0.1) is 5.92 Å². The van der Waals surface area contributed by atoms with Crippen LogP contribution in [0.1, 0.15) is 37.7 Å². The van der Waals surface area contributed by atoms with E-state index >= 15 is 0 Å². The van der Waals surface area contributed by atoms with Gasteiger partial charge in [-0.05, 0) is 30.7 Å². The topological polar surface area (TPSA) is 72.4 Å². The third kappa shape index (κ3) is 4.60. The first-order valence-corrected chi connectivity index (χ1v) is 8.69. The zero-order valence-electron chi connectivity index (χ0n) is 15.4. The van der Waals surface area contributed by atoms with Crippen LogP contribution in [0.4, 0.5) is 5.69 Å². The van der Waals surface area contributed by atoms with E-state index in [1.807, 2.05) is 42.7 Å². The highest BCUT2D eigenvalue weighted by atomic mass is 16.5. The predicted molar refractivity (Wildman–Crippen MR) is 99.9 cm³/mol. The average molecular weight is 345 g/mol. The summed E-state index contributed by atoms with van der Waals surface area (Å²) in [5.41, 5.74) is 2.35. The van der Waals surface area contributed by atoms with Gasteiger partial charge in [0.25, 0.3) is 5.91 Å². The summed E-state index contributed by atoms with van der Waals surface area (Å²) < 4.78 is 6.99. The Hall–Kier alpha value is -2.34. The van der Waals surface area contributed by atoms with Gasteiger partial charge in [-0.2, -0.15) is 0 Å². The number of nitrogens with zero attached hydrogens (tertiary/aromatic N) is 1. The van der Waals surface area contributed by atoms with Crippen molar-refractivity contribution in [3.63, 3.8) is 0 Å². The Morgan fingerprint density at radius 1 is 1.24 bits per heavy atom. The van der Waals surface area contributed by atoms with Crippen molar-refractivity contribution in [2.45, 2.75) is 33.7 Å². The van der Waals surface area contributed by atoms with Gasteiger partial charge in [0.1, 0.15) is 5.69 Å². The second-order valence-electron chi connectivity index (χ2n) is 6.35. The molecule has 0 saturated heterocycles. The van der Waals surface area contributed by atoms with Gasteiger partial charge in [0, 0.05) is 42.7 Å². The summed E-state index contributed by atoms with van der Waals surface area (Å²) in [4.78, 5) is 24.4. The van der Waals surface area contributed by atoms with Crippen molar-refractivity contribution in [1.82, 2.24) is 9.88 Å². The van der Waals surface area contributed by atoms with E-state index in [0.29, 0.717) is 18.8 Å². The summed E-state index contributed by atoms with van der Waals surface area (Å²) in [6.45, 7) is 7.50. The standard InChI is InChI=1S/C19H27N3O3/c1-5-9-22-16-7-6-15(21-18(23)13(2)3)11-14(16)12-17(22)19(24)20-8-10-25-4/h6-7,11-13H,5,8-10H2,1-4H3,(H,20,24)(H,21,23). The Morgan fingerprint density at radius 2 is 2.00 bits per heavy atom. The maximum atomic E-state index is 12.5. The lowest BCUT2D eigenvalue weighted by molar-refractivity contribution is -0.118. The summed E-state index contributed by atoms with van der Waals surface area (Å²) in [6.07, 6.45) is 0.925. The first-order chi connectivity index (χ1) is 12.0. The van der Waals surface area contributed by atoms with Crippen molar-refractivity contribution < 1.29 is 14.3 Å². The van der Waals surface area contributed by atoms with Gasteiger partial charge in [-0.1, -0.05) is 20.8 Å². The van der Waals surface area contributed by atoms with Crippen molar-refractivity contribution in [3.05, 3.63) is 30.0 Å². The van der Waals surface area contributed by atoms with Crippen molar-refractivity contribution in [1.29, 1.82) is 0 Å². The number of rotatable bonds is 8. The van der Waals surface area contributed by atoms with E-state index < -0.39 is 0 Å². The molecule has 1 aromatic heterocycles. The zero-order chi connectivity index (χ0) is 18.4. The van der Waals surface area contributed by atoms with Gasteiger partial charge < -0.3 is 19.9 Å². The van der Waals surface area contributed by atoms with Crippen LogP contribution in [0.3, 0.4) is 0 Å². The molecule has 25 heavy (non-hydrogen) atoms. The van der Waals surface area contributed by atoms with Crippen LogP contribution in [0.2, 0.25) is 0 Å². The van der Waals surface area contributed by atoms with Crippen molar-refractivity contribution >= 4 is 28.4 Å². The SMILES string of the molecule is CCCn1c(C(=O)NCCOC)cc2cc(NC(=O)C(C)C)ccc21. The molecule has 136 valence electrons. The van der Waals surface area contributed by atoms with E-state index in [1.165, 1.54) is 0 Å². The zero-order valence-corrected chi connectivity index (χ0v) is 15.4. The number of hydrogen-bond donors (Lipinski definition) is 2. The number of carbonyl (C=O) groups is 2. The number of hydrogen-bond acceptors (Lipinski definition) is 3. The van der Waals surface area contributed by atoms with E-state index in [0.717, 1.165) is 29.6 Å². The molecule has 0 aliphatic heterocycles. The maximum absolute atomic E-state index is 12.5. The highest BCUT2D eigenvalue weighted by Crippen LogP contribution is 2.24. The molecule has 0 bridgehead atoms. The lowest BCUT2D eigenvalue weighted by Crippen LogP contribution is -2.28. The molecule has 2 N–H and O–H groups in total. The van der Waals surface area contributed by atoms with Crippen LogP contribution >= 0.6 is 0 Å². The predicted octanol–water partition coefficient (Wildman–Crippen LogP) is 3.02. The quantitative estimate of drug-likeness (QED) is 0.722. The normalized spacial score (nSPS) is 11.1. The van der Waals surface area contributed by atoms with Gasteiger partial charge in [0.05, 0.1) is 6.61 Å². The lowest BCUT2D eigenvalue weighted by atomic mass is 10.2. The summed E-state index contributed by atoms with van der Waals surface area (Å²) in [5.74, 6) is -0.221. The maximum Gasteiger partial charge on any atom is 0.268 e. The molecule has 0 aliphatic rings. The Morgan fingerprint density at radius 3 is 2.64 bits per heavy atom. The molecule has 0 fully saturated rings. The summed E-state index contributed by atoms with van der Waals surface area (Å²) >= 11 is 0. The fraction of sp³-hybridized carbons (Fsp3) is 0.474. The third-order valence-electron chi connectivity index (χ3n) is 3.96. The van der Waals surface area contributed by atoms with E-state index in [4.69, 9.17) is 4.74 Å². The Labute approximate surface area is 148 Å². The van der Waals surface area contributed by atoms with Crippen LogP contribution in [0.25, 0.3) is 10.9 Å². The van der Waals surface area contributed by atoms with Crippen LogP contribution in [-0.2, 0) is 16.1 Å². The summed E-state index contributed by atoms with van der Waals surface area (Å²) in [7, 11) is 1.60. The van der Waals surface area contributed by atoms with Gasteiger partial charge in [-0.15, -0.1) is 0 Å². The molecule has 0 aliphatic carbocycles. The van der Waals surface area contributed by atoms with E-state index in [2.05, 4.69) is 17.6 Å². The number of anilines is 1. The first kappa shape index (κ1) is 19.0. The highest BCUT2D eigenvalue weighted by molar-refractivity contribution is 6.00. The molecule has 2 rings (SSSR count). The fourth-order valence-electron chi connectivity index (χ4n) is 2.65. The fourth-order valence-corrected chi connectivity index (χ4v) is 2.65. The van der Waals surface area contributed by atoms with Crippen molar-refractivity contribution in [3.8, 4) is 0 Å². The Balaban J connectivity index is 2.33. The number of nitrogens with one attached hydrogen (secondary N) is 2. The minimum atomic E-state index is -0.116. The number of aryl methyl sites for hydroxylation is 1. The monoisotopic (exact) mass is 345 g/mol. The van der Waals surface area contributed by atoms with Crippen LogP contribution < -0.4 is 10.6 Å². The summed E-state index contributed by atoms with van der Waals surface area (Å²) in [5, 5.41) is 6.70. The second kappa shape index (κ2) is 8.67. The molecule has 6 heteroatoms. The van der Waals surface area contributed by atoms with Gasteiger partial charge in [-0.25, -0.2) is 0 Å². The van der Waals surface area contributed by atoms with Gasteiger partial charge >= 0.3 is 0 Å². The Kier molecular flexibility index (Phi) is 6.58. The number of fused-ring (bicyclic) bond motifs is 1. The molecule has 0 radical (unpaired) electrons. The lowest BCUT2D eigenvalue weighted by Gasteiger charge is -2.11. The summed E-state index contributed by atoms with van der Waals surface area (Å²) in [6, 6.07) is 7.61. The molecule has 0 saturated carbocycles. The number of aromatic nitrogens is 1. The second-order valence-corrected chi connectivity index (χ2v) is 6.35. The highest BCUT2D eigenvalue weighted by Gasteiger charge is 2.16. The van der Waals surface area contributed by atoms with E-state index in [9.17, 15) is 9.59 Å². The molecular weight excluding hydrogens is 318 g/mol. The molecule has 2 amide bonds. The molecule has 2 aromatic rings.